The summed E-state index contributed by atoms with van der Waals surface area (Å²) in [4.78, 5) is 9.80. The molecule has 0 atom stereocenters. The van der Waals surface area contributed by atoms with Crippen molar-refractivity contribution in [3.8, 4) is 0 Å². The lowest BCUT2D eigenvalue weighted by atomic mass is 10.4. The van der Waals surface area contributed by atoms with Crippen molar-refractivity contribution in [1.29, 1.82) is 0 Å². The van der Waals surface area contributed by atoms with Gasteiger partial charge in [0.15, 0.2) is 0 Å². The summed E-state index contributed by atoms with van der Waals surface area (Å²) < 4.78 is 1.17. The van der Waals surface area contributed by atoms with Gasteiger partial charge in [0.05, 0.1) is 11.4 Å². The van der Waals surface area contributed by atoms with E-state index in [1.807, 2.05) is 13.1 Å². The first-order valence-electron chi connectivity index (χ1n) is 4.96. The molecule has 16 heavy (non-hydrogen) atoms. The molecule has 0 aliphatic carbocycles. The molecule has 5 heteroatoms. The zero-order chi connectivity index (χ0) is 11.4. The van der Waals surface area contributed by atoms with E-state index in [1.54, 1.807) is 17.5 Å². The van der Waals surface area contributed by atoms with Gasteiger partial charge in [-0.3, -0.25) is 9.97 Å². The summed E-state index contributed by atoms with van der Waals surface area (Å²) in [5.41, 5.74) is 1.92. The highest BCUT2D eigenvalue weighted by atomic mass is 79.9. The van der Waals surface area contributed by atoms with Gasteiger partial charge in [-0.15, -0.1) is 11.3 Å². The third-order valence-electron chi connectivity index (χ3n) is 2.12. The number of rotatable bonds is 4. The first-order valence-corrected chi connectivity index (χ1v) is 6.63. The number of nitrogens with one attached hydrogen (secondary N) is 1. The number of aryl methyl sites for hydroxylation is 1. The Morgan fingerprint density at radius 1 is 1.31 bits per heavy atom. The highest BCUT2D eigenvalue weighted by molar-refractivity contribution is 9.10. The average molecular weight is 298 g/mol. The standard InChI is InChI=1S/C11H12BrN3S/c1-8-4-15-9(6-14-8)5-13-7-11-10(12)2-3-16-11/h2-4,6,13H,5,7H2,1H3. The molecule has 1 N–H and O–H groups in total. The Morgan fingerprint density at radius 2 is 2.19 bits per heavy atom. The lowest BCUT2D eigenvalue weighted by molar-refractivity contribution is 0.681. The van der Waals surface area contributed by atoms with Crippen molar-refractivity contribution >= 4 is 27.3 Å². The van der Waals surface area contributed by atoms with Crippen molar-refractivity contribution in [3.63, 3.8) is 0 Å². The number of hydrogen-bond acceptors (Lipinski definition) is 4. The molecule has 0 bridgehead atoms. The third kappa shape index (κ3) is 3.10. The number of halogens is 1. The largest absolute Gasteiger partial charge is 0.306 e. The van der Waals surface area contributed by atoms with Crippen LogP contribution in [0.1, 0.15) is 16.3 Å². The quantitative estimate of drug-likeness (QED) is 0.943. The van der Waals surface area contributed by atoms with E-state index in [1.165, 1.54) is 9.35 Å². The summed E-state index contributed by atoms with van der Waals surface area (Å²) in [5.74, 6) is 0. The SMILES string of the molecule is Cc1cnc(CNCc2sccc2Br)cn1. The predicted octanol–water partition coefficient (Wildman–Crippen LogP) is 2.90. The van der Waals surface area contributed by atoms with Crippen molar-refractivity contribution in [3.05, 3.63) is 44.6 Å². The Balaban J connectivity index is 1.84. The van der Waals surface area contributed by atoms with E-state index in [9.17, 15) is 0 Å². The second-order valence-electron chi connectivity index (χ2n) is 3.44. The lowest BCUT2D eigenvalue weighted by Crippen LogP contribution is -2.13. The summed E-state index contributed by atoms with van der Waals surface area (Å²) in [6, 6.07) is 2.06. The average Bonchev–Trinajstić information content (AvgIpc) is 2.68. The number of aromatic nitrogens is 2. The molecular weight excluding hydrogens is 286 g/mol. The fourth-order valence-electron chi connectivity index (χ4n) is 1.27. The summed E-state index contributed by atoms with van der Waals surface area (Å²) >= 11 is 5.25. The van der Waals surface area contributed by atoms with Crippen molar-refractivity contribution in [1.82, 2.24) is 15.3 Å². The van der Waals surface area contributed by atoms with E-state index in [4.69, 9.17) is 0 Å². The van der Waals surface area contributed by atoms with Crippen molar-refractivity contribution in [2.45, 2.75) is 20.0 Å². The maximum absolute atomic E-state index is 4.29. The zero-order valence-electron chi connectivity index (χ0n) is 8.90. The Hall–Kier alpha value is -0.780. The number of hydrogen-bond donors (Lipinski definition) is 1. The van der Waals surface area contributed by atoms with E-state index < -0.39 is 0 Å². The Morgan fingerprint density at radius 3 is 2.81 bits per heavy atom. The molecule has 2 heterocycles. The van der Waals surface area contributed by atoms with Crippen LogP contribution >= 0.6 is 27.3 Å². The maximum atomic E-state index is 4.29. The first-order chi connectivity index (χ1) is 7.75. The van der Waals surface area contributed by atoms with E-state index in [-0.39, 0.29) is 0 Å². The van der Waals surface area contributed by atoms with Crippen LogP contribution in [0.5, 0.6) is 0 Å². The van der Waals surface area contributed by atoms with Crippen LogP contribution in [0.2, 0.25) is 0 Å². The van der Waals surface area contributed by atoms with Crippen molar-refractivity contribution < 1.29 is 0 Å². The molecule has 3 nitrogen and oxygen atoms in total. The second kappa shape index (κ2) is 5.52. The van der Waals surface area contributed by atoms with Gasteiger partial charge in [0.25, 0.3) is 0 Å². The molecule has 0 radical (unpaired) electrons. The molecule has 0 spiro atoms. The van der Waals surface area contributed by atoms with Gasteiger partial charge in [-0.2, -0.15) is 0 Å². The first kappa shape index (κ1) is 11.7. The topological polar surface area (TPSA) is 37.8 Å². The molecule has 0 aliphatic heterocycles. The normalized spacial score (nSPS) is 10.6. The minimum absolute atomic E-state index is 0.748. The Kier molecular flexibility index (Phi) is 4.04. The molecule has 0 amide bonds. The molecule has 0 aliphatic rings. The molecular formula is C11H12BrN3S. The summed E-state index contributed by atoms with van der Waals surface area (Å²) in [7, 11) is 0. The zero-order valence-corrected chi connectivity index (χ0v) is 11.3. The molecule has 2 aromatic rings. The monoisotopic (exact) mass is 297 g/mol. The molecule has 0 fully saturated rings. The van der Waals surface area contributed by atoms with Crippen LogP contribution in [-0.4, -0.2) is 9.97 Å². The van der Waals surface area contributed by atoms with E-state index in [0.29, 0.717) is 0 Å². The van der Waals surface area contributed by atoms with E-state index in [0.717, 1.165) is 24.5 Å². The van der Waals surface area contributed by atoms with E-state index >= 15 is 0 Å². The van der Waals surface area contributed by atoms with Gasteiger partial charge in [-0.1, -0.05) is 0 Å². The van der Waals surface area contributed by atoms with Crippen LogP contribution in [0.4, 0.5) is 0 Å². The fourth-order valence-corrected chi connectivity index (χ4v) is 2.73. The Bertz CT molecular complexity index is 453. The molecule has 0 unspecified atom stereocenters. The summed E-state index contributed by atoms with van der Waals surface area (Å²) in [6.45, 7) is 3.54. The van der Waals surface area contributed by atoms with Gasteiger partial charge < -0.3 is 5.32 Å². The highest BCUT2D eigenvalue weighted by Gasteiger charge is 2.01. The predicted molar refractivity (Wildman–Crippen MR) is 69.3 cm³/mol. The van der Waals surface area contributed by atoms with Crippen LogP contribution < -0.4 is 5.32 Å². The third-order valence-corrected chi connectivity index (χ3v) is 4.04. The minimum atomic E-state index is 0.748. The van der Waals surface area contributed by atoms with Crippen LogP contribution in [0.3, 0.4) is 0 Å². The van der Waals surface area contributed by atoms with Gasteiger partial charge in [-0.05, 0) is 34.3 Å². The Labute approximate surface area is 107 Å². The van der Waals surface area contributed by atoms with Gasteiger partial charge in [0.2, 0.25) is 0 Å². The summed E-state index contributed by atoms with van der Waals surface area (Å²) in [5, 5.41) is 5.42. The van der Waals surface area contributed by atoms with Crippen molar-refractivity contribution in [2.75, 3.05) is 0 Å². The van der Waals surface area contributed by atoms with Crippen LogP contribution in [0.25, 0.3) is 0 Å². The fraction of sp³-hybridized carbons (Fsp3) is 0.273. The number of thiophene rings is 1. The minimum Gasteiger partial charge on any atom is -0.306 e. The highest BCUT2D eigenvalue weighted by Crippen LogP contribution is 2.22. The lowest BCUT2D eigenvalue weighted by Gasteiger charge is -2.03. The summed E-state index contributed by atoms with van der Waals surface area (Å²) in [6.07, 6.45) is 3.60. The smallest absolute Gasteiger partial charge is 0.0724 e. The van der Waals surface area contributed by atoms with E-state index in [2.05, 4.69) is 42.7 Å². The molecule has 2 rings (SSSR count). The van der Waals surface area contributed by atoms with Crippen LogP contribution in [0.15, 0.2) is 28.3 Å². The van der Waals surface area contributed by atoms with Crippen molar-refractivity contribution in [2.24, 2.45) is 0 Å². The maximum Gasteiger partial charge on any atom is 0.0724 e. The molecule has 2 aromatic heterocycles. The molecule has 0 aromatic carbocycles. The van der Waals surface area contributed by atoms with Gasteiger partial charge in [0, 0.05) is 34.8 Å². The molecule has 0 saturated heterocycles. The van der Waals surface area contributed by atoms with Crippen LogP contribution in [-0.2, 0) is 13.1 Å². The van der Waals surface area contributed by atoms with Crippen LogP contribution in [0, 0.1) is 6.92 Å². The van der Waals surface area contributed by atoms with Gasteiger partial charge in [0.1, 0.15) is 0 Å². The van der Waals surface area contributed by atoms with Gasteiger partial charge >= 0.3 is 0 Å². The second-order valence-corrected chi connectivity index (χ2v) is 5.30. The van der Waals surface area contributed by atoms with Gasteiger partial charge in [-0.25, -0.2) is 0 Å². The molecule has 84 valence electrons. The number of nitrogens with zero attached hydrogens (tertiary/aromatic N) is 2. The molecule has 0 saturated carbocycles.